The Bertz CT molecular complexity index is 433. The number of benzene rings is 1. The zero-order valence-electron chi connectivity index (χ0n) is 7.52. The van der Waals surface area contributed by atoms with Gasteiger partial charge in [-0.3, -0.25) is 0 Å². The van der Waals surface area contributed by atoms with Crippen molar-refractivity contribution in [3.8, 4) is 0 Å². The van der Waals surface area contributed by atoms with E-state index in [1.54, 1.807) is 18.2 Å². The van der Waals surface area contributed by atoms with E-state index in [0.717, 1.165) is 0 Å². The first-order chi connectivity index (χ1) is 7.24. The zero-order chi connectivity index (χ0) is 10.7. The Morgan fingerprint density at radius 3 is 2.73 bits per heavy atom. The van der Waals surface area contributed by atoms with Gasteiger partial charge in [-0.2, -0.15) is 9.37 Å². The molecule has 0 aliphatic rings. The second-order valence-electron chi connectivity index (χ2n) is 2.72. The summed E-state index contributed by atoms with van der Waals surface area (Å²) in [5.74, 6) is -0.325. The number of hydrogen-bond donors (Lipinski definition) is 0. The molecule has 1 heterocycles. The van der Waals surface area contributed by atoms with Crippen LogP contribution in [-0.4, -0.2) is 9.97 Å². The fourth-order valence-electron chi connectivity index (χ4n) is 1.03. The summed E-state index contributed by atoms with van der Waals surface area (Å²) in [6, 6.07) is 7.61. The topological polar surface area (TPSA) is 25.8 Å². The molecule has 0 aliphatic heterocycles. The van der Waals surface area contributed by atoms with E-state index in [0.29, 0.717) is 9.92 Å². The van der Waals surface area contributed by atoms with Crippen LogP contribution in [0.25, 0.3) is 0 Å². The molecule has 0 bridgehead atoms. The van der Waals surface area contributed by atoms with Crippen molar-refractivity contribution in [3.05, 3.63) is 48.4 Å². The van der Waals surface area contributed by atoms with Crippen LogP contribution < -0.4 is 0 Å². The smallest absolute Gasteiger partial charge is 0.211 e. The molecule has 0 radical (unpaired) electrons. The first-order valence-corrected chi connectivity index (χ1v) is 4.98. The molecule has 1 aromatic carbocycles. The van der Waals surface area contributed by atoms with Crippen molar-refractivity contribution in [2.45, 2.75) is 9.92 Å². The molecular weight excluding hydrogens is 218 g/mol. The lowest BCUT2D eigenvalue weighted by atomic mass is 10.4. The molecule has 15 heavy (non-hydrogen) atoms. The first kappa shape index (κ1) is 10.0. The second-order valence-corrected chi connectivity index (χ2v) is 3.82. The molecule has 0 saturated heterocycles. The van der Waals surface area contributed by atoms with Crippen molar-refractivity contribution < 1.29 is 8.78 Å². The highest BCUT2D eigenvalue weighted by atomic mass is 32.2. The van der Waals surface area contributed by atoms with Crippen molar-refractivity contribution in [2.24, 2.45) is 0 Å². The number of rotatable bonds is 2. The van der Waals surface area contributed by atoms with Gasteiger partial charge in [0.2, 0.25) is 0 Å². The van der Waals surface area contributed by atoms with E-state index in [2.05, 4.69) is 9.97 Å². The van der Waals surface area contributed by atoms with Gasteiger partial charge in [-0.1, -0.05) is 17.8 Å². The summed E-state index contributed by atoms with van der Waals surface area (Å²) >= 11 is 1.18. The summed E-state index contributed by atoms with van der Waals surface area (Å²) in [7, 11) is 0. The second kappa shape index (κ2) is 4.35. The highest BCUT2D eigenvalue weighted by Crippen LogP contribution is 2.25. The van der Waals surface area contributed by atoms with Gasteiger partial charge >= 0.3 is 6.08 Å². The Labute approximate surface area is 89.4 Å². The molecule has 0 unspecified atom stereocenters. The van der Waals surface area contributed by atoms with Gasteiger partial charge in [0.05, 0.1) is 0 Å². The van der Waals surface area contributed by atoms with Crippen LogP contribution in [-0.2, 0) is 0 Å². The van der Waals surface area contributed by atoms with E-state index in [1.807, 2.05) is 0 Å². The van der Waals surface area contributed by atoms with Crippen LogP contribution in [0.3, 0.4) is 0 Å². The molecule has 0 aliphatic carbocycles. The largest absolute Gasteiger partial charge is 0.309 e. The van der Waals surface area contributed by atoms with Gasteiger partial charge in [-0.15, -0.1) is 0 Å². The molecule has 76 valence electrons. The van der Waals surface area contributed by atoms with Gasteiger partial charge in [0.25, 0.3) is 0 Å². The summed E-state index contributed by atoms with van der Waals surface area (Å²) in [5.41, 5.74) is 0. The van der Waals surface area contributed by atoms with Crippen LogP contribution in [0.15, 0.2) is 46.5 Å². The highest BCUT2D eigenvalue weighted by molar-refractivity contribution is 7.99. The minimum absolute atomic E-state index is 0.325. The molecule has 5 heteroatoms. The summed E-state index contributed by atoms with van der Waals surface area (Å²) in [4.78, 5) is 7.57. The van der Waals surface area contributed by atoms with Gasteiger partial charge < -0.3 is 0 Å². The normalized spacial score (nSPS) is 10.3. The van der Waals surface area contributed by atoms with Gasteiger partial charge in [0, 0.05) is 11.1 Å². The molecule has 0 fully saturated rings. The Kier molecular flexibility index (Phi) is 2.91. The van der Waals surface area contributed by atoms with Crippen LogP contribution >= 0.6 is 11.8 Å². The summed E-state index contributed by atoms with van der Waals surface area (Å²) < 4.78 is 25.5. The minimum atomic E-state index is -0.781. The van der Waals surface area contributed by atoms with Gasteiger partial charge in [0.15, 0.2) is 0 Å². The maximum atomic E-state index is 12.8. The average molecular weight is 224 g/mol. The van der Waals surface area contributed by atoms with E-state index in [-0.39, 0.29) is 5.82 Å². The number of nitrogens with zero attached hydrogens (tertiary/aromatic N) is 2. The van der Waals surface area contributed by atoms with Crippen LogP contribution in [0.1, 0.15) is 0 Å². The van der Waals surface area contributed by atoms with Crippen LogP contribution in [0.5, 0.6) is 0 Å². The van der Waals surface area contributed by atoms with E-state index in [9.17, 15) is 8.78 Å². The Morgan fingerprint density at radius 2 is 2.00 bits per heavy atom. The molecule has 0 atom stereocenters. The van der Waals surface area contributed by atoms with Crippen molar-refractivity contribution >= 4 is 11.8 Å². The Morgan fingerprint density at radius 1 is 1.13 bits per heavy atom. The van der Waals surface area contributed by atoms with E-state index in [1.165, 1.54) is 30.1 Å². The standard InChI is InChI=1S/C10H6F2N2S/c11-7-2-1-3-8(6-7)15-9-4-5-13-10(12)14-9/h1-6H. The summed E-state index contributed by atoms with van der Waals surface area (Å²) in [6.07, 6.45) is 0.542. The number of hydrogen-bond acceptors (Lipinski definition) is 3. The average Bonchev–Trinajstić information content (AvgIpc) is 2.17. The van der Waals surface area contributed by atoms with E-state index in [4.69, 9.17) is 0 Å². The van der Waals surface area contributed by atoms with Crippen molar-refractivity contribution in [3.63, 3.8) is 0 Å². The van der Waals surface area contributed by atoms with Gasteiger partial charge in [-0.05, 0) is 24.3 Å². The highest BCUT2D eigenvalue weighted by Gasteiger charge is 2.01. The quantitative estimate of drug-likeness (QED) is 0.579. The summed E-state index contributed by atoms with van der Waals surface area (Å²) in [5, 5.41) is 0.452. The monoisotopic (exact) mass is 224 g/mol. The molecule has 0 amide bonds. The molecule has 1 aromatic heterocycles. The molecular formula is C10H6F2N2S. The fourth-order valence-corrected chi connectivity index (χ4v) is 1.84. The zero-order valence-corrected chi connectivity index (χ0v) is 8.34. The van der Waals surface area contributed by atoms with Crippen LogP contribution in [0, 0.1) is 11.9 Å². The fraction of sp³-hybridized carbons (Fsp3) is 0. The van der Waals surface area contributed by atoms with Crippen LogP contribution in [0.2, 0.25) is 0 Å². The predicted octanol–water partition coefficient (Wildman–Crippen LogP) is 2.91. The molecule has 2 aromatic rings. The number of halogens is 2. The third-order valence-electron chi connectivity index (χ3n) is 1.62. The van der Waals surface area contributed by atoms with Crippen LogP contribution in [0.4, 0.5) is 8.78 Å². The SMILES string of the molecule is Fc1cccc(Sc2ccnc(F)n2)c1. The van der Waals surface area contributed by atoms with Gasteiger partial charge in [0.1, 0.15) is 10.8 Å². The lowest BCUT2D eigenvalue weighted by molar-refractivity contribution is 0.527. The molecule has 0 N–H and O–H groups in total. The Hall–Kier alpha value is -1.49. The maximum absolute atomic E-state index is 12.8. The van der Waals surface area contributed by atoms with Crippen molar-refractivity contribution in [2.75, 3.05) is 0 Å². The Balaban J connectivity index is 2.22. The molecule has 2 rings (SSSR count). The van der Waals surface area contributed by atoms with Crippen molar-refractivity contribution in [1.82, 2.24) is 9.97 Å². The van der Waals surface area contributed by atoms with E-state index >= 15 is 0 Å². The molecule has 2 nitrogen and oxygen atoms in total. The molecule has 0 saturated carbocycles. The van der Waals surface area contributed by atoms with Crippen molar-refractivity contribution in [1.29, 1.82) is 0 Å². The lowest BCUT2D eigenvalue weighted by Gasteiger charge is -1.99. The van der Waals surface area contributed by atoms with E-state index < -0.39 is 6.08 Å². The lowest BCUT2D eigenvalue weighted by Crippen LogP contribution is -1.88. The predicted molar refractivity (Wildman–Crippen MR) is 52.5 cm³/mol. The molecule has 0 spiro atoms. The first-order valence-electron chi connectivity index (χ1n) is 4.16. The summed E-state index contributed by atoms with van der Waals surface area (Å²) in [6.45, 7) is 0. The third-order valence-corrected chi connectivity index (χ3v) is 2.55. The van der Waals surface area contributed by atoms with Gasteiger partial charge in [-0.25, -0.2) is 9.37 Å². The third kappa shape index (κ3) is 2.73. The minimum Gasteiger partial charge on any atom is -0.211 e. The number of aromatic nitrogens is 2. The maximum Gasteiger partial charge on any atom is 0.309 e.